The van der Waals surface area contributed by atoms with Crippen LogP contribution in [0, 0.1) is 0 Å². The molecule has 4 rings (SSSR count). The maximum atomic E-state index is 13.5. The lowest BCUT2D eigenvalue weighted by Crippen LogP contribution is -2.43. The molecule has 0 unspecified atom stereocenters. The molecule has 2 amide bonds. The quantitative estimate of drug-likeness (QED) is 0.710. The Hall–Kier alpha value is -2.75. The van der Waals surface area contributed by atoms with Crippen molar-refractivity contribution in [1.82, 2.24) is 10.2 Å². The summed E-state index contributed by atoms with van der Waals surface area (Å²) in [6, 6.07) is 12.9. The van der Waals surface area contributed by atoms with Gasteiger partial charge in [0.25, 0.3) is 21.8 Å². The lowest BCUT2D eigenvalue weighted by Gasteiger charge is -2.30. The number of ether oxygens (including phenoxy) is 1. The molecule has 152 valence electrons. The minimum atomic E-state index is -3.93. The van der Waals surface area contributed by atoms with Crippen molar-refractivity contribution >= 4 is 27.5 Å². The Bertz CT molecular complexity index is 1030. The molecule has 0 bridgehead atoms. The summed E-state index contributed by atoms with van der Waals surface area (Å²) in [6.45, 7) is 3.58. The fraction of sp³-hybridized carbons (Fsp3) is 0.300. The number of imide groups is 1. The van der Waals surface area contributed by atoms with E-state index in [1.807, 2.05) is 6.07 Å². The zero-order valence-corrected chi connectivity index (χ0v) is 16.5. The van der Waals surface area contributed by atoms with Crippen molar-refractivity contribution in [2.45, 2.75) is 4.90 Å². The number of anilines is 1. The van der Waals surface area contributed by atoms with Gasteiger partial charge in [-0.25, -0.2) is 8.42 Å². The first-order valence-corrected chi connectivity index (χ1v) is 10.8. The largest absolute Gasteiger partial charge is 0.379 e. The molecule has 9 heteroatoms. The Morgan fingerprint density at radius 2 is 1.66 bits per heavy atom. The van der Waals surface area contributed by atoms with Gasteiger partial charge in [0, 0.05) is 26.2 Å². The molecule has 2 aromatic rings. The third-order valence-electron chi connectivity index (χ3n) is 5.06. The Morgan fingerprint density at radius 3 is 2.38 bits per heavy atom. The minimum Gasteiger partial charge on any atom is -0.379 e. The van der Waals surface area contributed by atoms with Crippen LogP contribution in [0.2, 0.25) is 0 Å². The molecular formula is C20H21N3O5S. The first-order valence-electron chi connectivity index (χ1n) is 9.34. The molecule has 0 aromatic heterocycles. The number of hydrogen-bond acceptors (Lipinski definition) is 6. The highest BCUT2D eigenvalue weighted by Gasteiger charge is 2.31. The molecule has 0 saturated carbocycles. The van der Waals surface area contributed by atoms with Crippen molar-refractivity contribution in [3.8, 4) is 0 Å². The number of nitrogens with zero attached hydrogens (tertiary/aromatic N) is 2. The molecule has 2 aliphatic heterocycles. The van der Waals surface area contributed by atoms with Crippen LogP contribution in [0.1, 0.15) is 20.7 Å². The Morgan fingerprint density at radius 1 is 0.966 bits per heavy atom. The number of amides is 2. The lowest BCUT2D eigenvalue weighted by molar-refractivity contribution is 0.0395. The van der Waals surface area contributed by atoms with E-state index in [1.54, 1.807) is 24.3 Å². The van der Waals surface area contributed by atoms with Crippen LogP contribution in [0.4, 0.5) is 5.69 Å². The third kappa shape index (κ3) is 3.89. The van der Waals surface area contributed by atoms with Crippen molar-refractivity contribution in [2.75, 3.05) is 43.7 Å². The summed E-state index contributed by atoms with van der Waals surface area (Å²) in [6.07, 6.45) is 0. The van der Waals surface area contributed by atoms with Gasteiger partial charge in [-0.15, -0.1) is 0 Å². The van der Waals surface area contributed by atoms with E-state index in [-0.39, 0.29) is 22.6 Å². The van der Waals surface area contributed by atoms with Gasteiger partial charge in [-0.3, -0.25) is 24.1 Å². The molecule has 29 heavy (non-hydrogen) atoms. The van der Waals surface area contributed by atoms with Gasteiger partial charge in [0.15, 0.2) is 0 Å². The molecule has 2 aliphatic rings. The van der Waals surface area contributed by atoms with Gasteiger partial charge in [0.2, 0.25) is 0 Å². The van der Waals surface area contributed by atoms with E-state index < -0.39 is 21.8 Å². The Labute approximate surface area is 169 Å². The molecular weight excluding hydrogens is 394 g/mol. The van der Waals surface area contributed by atoms with Gasteiger partial charge in [-0.05, 0) is 30.3 Å². The fourth-order valence-electron chi connectivity index (χ4n) is 3.47. The molecule has 2 aromatic carbocycles. The number of fused-ring (bicyclic) bond motifs is 1. The highest BCUT2D eigenvalue weighted by molar-refractivity contribution is 7.92. The highest BCUT2D eigenvalue weighted by atomic mass is 32.2. The van der Waals surface area contributed by atoms with E-state index in [2.05, 4.69) is 10.2 Å². The highest BCUT2D eigenvalue weighted by Crippen LogP contribution is 2.26. The minimum absolute atomic E-state index is 0.0214. The van der Waals surface area contributed by atoms with E-state index in [4.69, 9.17) is 4.74 Å². The summed E-state index contributed by atoms with van der Waals surface area (Å²) in [5.41, 5.74) is 0.813. The number of carbonyl (C=O) groups is 2. The van der Waals surface area contributed by atoms with E-state index >= 15 is 0 Å². The molecule has 1 N–H and O–H groups in total. The Kier molecular flexibility index (Phi) is 5.35. The van der Waals surface area contributed by atoms with Gasteiger partial charge < -0.3 is 4.74 Å². The standard InChI is InChI=1S/C20H21N3O5S/c24-19-17-7-6-16(14-18(17)20(25)21-19)29(26,27)23(15-4-2-1-3-5-15)9-8-22-10-12-28-13-11-22/h1-7,14H,8-13H2,(H,21,24,25). The van der Waals surface area contributed by atoms with Crippen LogP contribution >= 0.6 is 0 Å². The normalized spacial score (nSPS) is 17.1. The lowest BCUT2D eigenvalue weighted by atomic mass is 10.1. The predicted molar refractivity (Wildman–Crippen MR) is 106 cm³/mol. The monoisotopic (exact) mass is 415 g/mol. The van der Waals surface area contributed by atoms with Crippen LogP contribution in [-0.4, -0.2) is 64.5 Å². The first kappa shape index (κ1) is 19.6. The van der Waals surface area contributed by atoms with Crippen LogP contribution in [0.15, 0.2) is 53.4 Å². The van der Waals surface area contributed by atoms with Crippen LogP contribution < -0.4 is 9.62 Å². The summed E-state index contributed by atoms with van der Waals surface area (Å²) in [5, 5.41) is 2.19. The summed E-state index contributed by atoms with van der Waals surface area (Å²) in [7, 11) is -3.93. The fourth-order valence-corrected chi connectivity index (χ4v) is 4.96. The average molecular weight is 415 g/mol. The number of rotatable bonds is 6. The summed E-state index contributed by atoms with van der Waals surface area (Å²) in [5.74, 6) is -1.09. The van der Waals surface area contributed by atoms with Gasteiger partial charge in [-0.1, -0.05) is 18.2 Å². The van der Waals surface area contributed by atoms with Crippen molar-refractivity contribution in [3.63, 3.8) is 0 Å². The molecule has 1 saturated heterocycles. The van der Waals surface area contributed by atoms with E-state index in [9.17, 15) is 18.0 Å². The topological polar surface area (TPSA) is 96.0 Å². The maximum absolute atomic E-state index is 13.5. The summed E-state index contributed by atoms with van der Waals surface area (Å²) < 4.78 is 33.6. The first-order chi connectivity index (χ1) is 14.0. The van der Waals surface area contributed by atoms with E-state index in [0.717, 1.165) is 13.1 Å². The van der Waals surface area contributed by atoms with Crippen molar-refractivity contribution < 1.29 is 22.7 Å². The van der Waals surface area contributed by atoms with Gasteiger partial charge in [-0.2, -0.15) is 0 Å². The second-order valence-electron chi connectivity index (χ2n) is 6.86. The summed E-state index contributed by atoms with van der Waals surface area (Å²) in [4.78, 5) is 25.9. The zero-order valence-electron chi connectivity index (χ0n) is 15.7. The van der Waals surface area contributed by atoms with Crippen molar-refractivity contribution in [3.05, 3.63) is 59.7 Å². The number of morpholine rings is 1. The van der Waals surface area contributed by atoms with Crippen LogP contribution in [0.3, 0.4) is 0 Å². The Balaban J connectivity index is 1.66. The second kappa shape index (κ2) is 7.94. The van der Waals surface area contributed by atoms with Gasteiger partial charge >= 0.3 is 0 Å². The molecule has 8 nitrogen and oxygen atoms in total. The van der Waals surface area contributed by atoms with Crippen molar-refractivity contribution in [1.29, 1.82) is 0 Å². The van der Waals surface area contributed by atoms with Crippen LogP contribution in [-0.2, 0) is 14.8 Å². The van der Waals surface area contributed by atoms with E-state index in [1.165, 1.54) is 22.5 Å². The number of hydrogen-bond donors (Lipinski definition) is 1. The zero-order chi connectivity index (χ0) is 20.4. The third-order valence-corrected chi connectivity index (χ3v) is 6.89. The second-order valence-corrected chi connectivity index (χ2v) is 8.72. The van der Waals surface area contributed by atoms with Crippen LogP contribution in [0.25, 0.3) is 0 Å². The molecule has 0 aliphatic carbocycles. The molecule has 1 fully saturated rings. The van der Waals surface area contributed by atoms with Crippen LogP contribution in [0.5, 0.6) is 0 Å². The molecule has 0 atom stereocenters. The summed E-state index contributed by atoms with van der Waals surface area (Å²) >= 11 is 0. The van der Waals surface area contributed by atoms with Gasteiger partial charge in [0.05, 0.1) is 34.9 Å². The SMILES string of the molecule is O=C1NC(=O)c2cc(S(=O)(=O)N(CCN3CCOCC3)c3ccccc3)ccc21. The number of para-hydroxylation sites is 1. The molecule has 0 spiro atoms. The molecule has 0 radical (unpaired) electrons. The van der Waals surface area contributed by atoms with Gasteiger partial charge in [0.1, 0.15) is 0 Å². The number of sulfonamides is 1. The maximum Gasteiger partial charge on any atom is 0.264 e. The molecule has 2 heterocycles. The number of nitrogens with one attached hydrogen (secondary N) is 1. The smallest absolute Gasteiger partial charge is 0.264 e. The van der Waals surface area contributed by atoms with E-state index in [0.29, 0.717) is 25.4 Å². The number of carbonyl (C=O) groups excluding carboxylic acids is 2. The number of benzene rings is 2. The predicted octanol–water partition coefficient (Wildman–Crippen LogP) is 1.10. The average Bonchev–Trinajstić information content (AvgIpc) is 3.03. The van der Waals surface area contributed by atoms with Crippen molar-refractivity contribution in [2.24, 2.45) is 0 Å².